The van der Waals surface area contributed by atoms with Crippen LogP contribution in [0.3, 0.4) is 0 Å². The molecule has 1 heterocycles. The lowest BCUT2D eigenvalue weighted by Crippen LogP contribution is -2.14. The second kappa shape index (κ2) is 7.31. The van der Waals surface area contributed by atoms with Gasteiger partial charge in [0, 0.05) is 10.7 Å². The van der Waals surface area contributed by atoms with Crippen molar-refractivity contribution >= 4 is 38.9 Å². The van der Waals surface area contributed by atoms with Gasteiger partial charge in [-0.15, -0.1) is 10.2 Å². The zero-order valence-electron chi connectivity index (χ0n) is 14.2. The fourth-order valence-corrected chi connectivity index (χ4v) is 3.52. The van der Waals surface area contributed by atoms with Crippen LogP contribution in [0.1, 0.15) is 11.1 Å². The van der Waals surface area contributed by atoms with Crippen LogP contribution in [0, 0.1) is 13.8 Å². The minimum atomic E-state index is -3.72. The molecule has 3 rings (SSSR count). The molecule has 1 aromatic heterocycles. The second-order valence-electron chi connectivity index (χ2n) is 5.79. The van der Waals surface area contributed by atoms with Gasteiger partial charge in [0.1, 0.15) is 0 Å². The number of hydrogen-bond acceptors (Lipinski definition) is 5. The van der Waals surface area contributed by atoms with Gasteiger partial charge >= 0.3 is 0 Å². The highest BCUT2D eigenvalue weighted by Crippen LogP contribution is 2.20. The molecule has 0 aliphatic carbocycles. The Morgan fingerprint density at radius 1 is 0.885 bits per heavy atom. The van der Waals surface area contributed by atoms with Crippen LogP contribution in [-0.2, 0) is 10.0 Å². The highest BCUT2D eigenvalue weighted by molar-refractivity contribution is 7.92. The summed E-state index contributed by atoms with van der Waals surface area (Å²) in [4.78, 5) is 0.184. The predicted octanol–water partition coefficient (Wildman–Crippen LogP) is 4.29. The zero-order valence-corrected chi connectivity index (χ0v) is 15.8. The molecule has 0 amide bonds. The minimum Gasteiger partial charge on any atom is -0.339 e. The molecule has 6 nitrogen and oxygen atoms in total. The van der Waals surface area contributed by atoms with E-state index in [-0.39, 0.29) is 10.7 Å². The smallest absolute Gasteiger partial charge is 0.263 e. The second-order valence-corrected chi connectivity index (χ2v) is 7.91. The molecule has 0 aliphatic rings. The van der Waals surface area contributed by atoms with E-state index < -0.39 is 10.0 Å². The quantitative estimate of drug-likeness (QED) is 0.681. The van der Waals surface area contributed by atoms with Gasteiger partial charge in [-0.05, 0) is 67.4 Å². The van der Waals surface area contributed by atoms with Crippen LogP contribution in [0.15, 0.2) is 59.5 Å². The topological polar surface area (TPSA) is 84.0 Å². The summed E-state index contributed by atoms with van der Waals surface area (Å²) in [5, 5.41) is 11.5. The molecular formula is C18H17ClN4O2S. The molecule has 134 valence electrons. The average molecular weight is 389 g/mol. The fraction of sp³-hybridized carbons (Fsp3) is 0.111. The van der Waals surface area contributed by atoms with Gasteiger partial charge in [-0.25, -0.2) is 8.42 Å². The summed E-state index contributed by atoms with van der Waals surface area (Å²) in [6.07, 6.45) is 0. The molecule has 2 aromatic carbocycles. The highest BCUT2D eigenvalue weighted by atomic mass is 35.5. The van der Waals surface area contributed by atoms with Crippen LogP contribution in [-0.4, -0.2) is 18.6 Å². The maximum absolute atomic E-state index is 12.5. The number of halogens is 1. The van der Waals surface area contributed by atoms with Crippen LogP contribution in [0.5, 0.6) is 0 Å². The van der Waals surface area contributed by atoms with Gasteiger partial charge in [0.25, 0.3) is 10.0 Å². The van der Waals surface area contributed by atoms with E-state index in [1.165, 1.54) is 0 Å². The molecule has 0 radical (unpaired) electrons. The Bertz CT molecular complexity index is 1040. The Kier molecular flexibility index (Phi) is 5.11. The van der Waals surface area contributed by atoms with Crippen LogP contribution in [0.25, 0.3) is 0 Å². The van der Waals surface area contributed by atoms with E-state index in [9.17, 15) is 8.42 Å². The summed E-state index contributed by atoms with van der Waals surface area (Å²) in [5.41, 5.74) is 2.69. The van der Waals surface area contributed by atoms with E-state index in [2.05, 4.69) is 20.2 Å². The van der Waals surface area contributed by atoms with Crippen molar-refractivity contribution in [2.75, 3.05) is 10.0 Å². The van der Waals surface area contributed by atoms with Crippen molar-refractivity contribution < 1.29 is 8.42 Å². The largest absolute Gasteiger partial charge is 0.339 e. The van der Waals surface area contributed by atoms with Crippen molar-refractivity contribution in [3.63, 3.8) is 0 Å². The molecule has 26 heavy (non-hydrogen) atoms. The molecule has 0 fully saturated rings. The van der Waals surface area contributed by atoms with Crippen molar-refractivity contribution in [1.29, 1.82) is 0 Å². The lowest BCUT2D eigenvalue weighted by molar-refractivity contribution is 0.601. The van der Waals surface area contributed by atoms with Crippen molar-refractivity contribution in [3.05, 3.63) is 70.7 Å². The molecule has 3 aromatic rings. The number of aromatic nitrogens is 2. The van der Waals surface area contributed by atoms with E-state index in [1.54, 1.807) is 42.5 Å². The molecular weight excluding hydrogens is 372 g/mol. The Balaban J connectivity index is 1.75. The predicted molar refractivity (Wildman–Crippen MR) is 103 cm³/mol. The third-order valence-corrected chi connectivity index (χ3v) is 5.38. The number of nitrogens with one attached hydrogen (secondary N) is 2. The van der Waals surface area contributed by atoms with Crippen LogP contribution in [0.4, 0.5) is 17.3 Å². The highest BCUT2D eigenvalue weighted by Gasteiger charge is 2.15. The van der Waals surface area contributed by atoms with Gasteiger partial charge < -0.3 is 5.32 Å². The van der Waals surface area contributed by atoms with E-state index >= 15 is 0 Å². The molecule has 0 spiro atoms. The number of benzene rings is 2. The lowest BCUT2D eigenvalue weighted by atomic mass is 10.1. The molecule has 0 aliphatic heterocycles. The monoisotopic (exact) mass is 388 g/mol. The van der Waals surface area contributed by atoms with Gasteiger partial charge in [0.2, 0.25) is 0 Å². The summed E-state index contributed by atoms with van der Waals surface area (Å²) in [6.45, 7) is 3.79. The van der Waals surface area contributed by atoms with E-state index in [1.807, 2.05) is 26.0 Å². The fourth-order valence-electron chi connectivity index (χ4n) is 2.25. The lowest BCUT2D eigenvalue weighted by Gasteiger charge is -2.10. The summed E-state index contributed by atoms with van der Waals surface area (Å²) >= 11 is 5.94. The van der Waals surface area contributed by atoms with Crippen LogP contribution in [0.2, 0.25) is 5.02 Å². The normalized spacial score (nSPS) is 11.2. The minimum absolute atomic E-state index is 0.139. The first-order chi connectivity index (χ1) is 12.3. The van der Waals surface area contributed by atoms with Crippen LogP contribution < -0.4 is 10.0 Å². The molecule has 0 atom stereocenters. The Hall–Kier alpha value is -2.64. The molecule has 0 unspecified atom stereocenters. The zero-order chi connectivity index (χ0) is 18.7. The van der Waals surface area contributed by atoms with Gasteiger partial charge in [0.15, 0.2) is 11.6 Å². The van der Waals surface area contributed by atoms with Crippen molar-refractivity contribution in [3.8, 4) is 0 Å². The first kappa shape index (κ1) is 18.2. The number of aryl methyl sites for hydroxylation is 2. The standard InChI is InChI=1S/C18H17ClN4O2S/c1-12-6-7-16(10-13(12)2)26(24,25)23-18-9-8-17(21-22-18)20-15-5-3-4-14(19)11-15/h3-11H,1-2H3,(H,20,21)(H,22,23). The third-order valence-electron chi connectivity index (χ3n) is 3.79. The summed E-state index contributed by atoms with van der Waals surface area (Å²) < 4.78 is 27.4. The Morgan fingerprint density at radius 2 is 1.62 bits per heavy atom. The Morgan fingerprint density at radius 3 is 2.27 bits per heavy atom. The van der Waals surface area contributed by atoms with E-state index in [0.717, 1.165) is 16.8 Å². The summed E-state index contributed by atoms with van der Waals surface area (Å²) in [5.74, 6) is 0.612. The number of hydrogen-bond donors (Lipinski definition) is 2. The molecule has 0 bridgehead atoms. The SMILES string of the molecule is Cc1ccc(S(=O)(=O)Nc2ccc(Nc3cccc(Cl)c3)nn2)cc1C. The van der Waals surface area contributed by atoms with Crippen LogP contribution >= 0.6 is 11.6 Å². The van der Waals surface area contributed by atoms with Gasteiger partial charge in [-0.2, -0.15) is 0 Å². The molecule has 0 saturated carbocycles. The molecule has 2 N–H and O–H groups in total. The summed E-state index contributed by atoms with van der Waals surface area (Å²) in [6, 6.07) is 15.3. The molecule has 8 heteroatoms. The van der Waals surface area contributed by atoms with Crippen molar-refractivity contribution in [2.45, 2.75) is 18.7 Å². The number of anilines is 3. The van der Waals surface area contributed by atoms with E-state index in [0.29, 0.717) is 10.8 Å². The molecule has 0 saturated heterocycles. The first-order valence-corrected chi connectivity index (χ1v) is 9.66. The van der Waals surface area contributed by atoms with Gasteiger partial charge in [-0.3, -0.25) is 4.72 Å². The van der Waals surface area contributed by atoms with Crippen molar-refractivity contribution in [1.82, 2.24) is 10.2 Å². The Labute approximate surface area is 157 Å². The maximum Gasteiger partial charge on any atom is 0.263 e. The third kappa shape index (κ3) is 4.30. The van der Waals surface area contributed by atoms with Gasteiger partial charge in [-0.1, -0.05) is 23.7 Å². The van der Waals surface area contributed by atoms with Gasteiger partial charge in [0.05, 0.1) is 4.90 Å². The first-order valence-electron chi connectivity index (χ1n) is 7.80. The summed E-state index contributed by atoms with van der Waals surface area (Å²) in [7, 11) is -3.72. The number of rotatable bonds is 5. The number of nitrogens with zero attached hydrogens (tertiary/aromatic N) is 2. The average Bonchev–Trinajstić information content (AvgIpc) is 2.59. The number of sulfonamides is 1. The van der Waals surface area contributed by atoms with E-state index in [4.69, 9.17) is 11.6 Å². The maximum atomic E-state index is 12.5. The van der Waals surface area contributed by atoms with Crippen molar-refractivity contribution in [2.24, 2.45) is 0 Å².